The van der Waals surface area contributed by atoms with Crippen LogP contribution in [-0.4, -0.2) is 26.0 Å². The van der Waals surface area contributed by atoms with Gasteiger partial charge in [0, 0.05) is 11.1 Å². The number of aryl methyl sites for hydroxylation is 1. The van der Waals surface area contributed by atoms with Crippen molar-refractivity contribution < 1.29 is 14.3 Å². The zero-order valence-electron chi connectivity index (χ0n) is 10.5. The normalized spacial score (nSPS) is 10.9. The second-order valence-corrected chi connectivity index (χ2v) is 4.40. The third-order valence-corrected chi connectivity index (χ3v) is 3.12. The first kappa shape index (κ1) is 12.3. The summed E-state index contributed by atoms with van der Waals surface area (Å²) in [6.07, 6.45) is 1.13. The lowest BCUT2D eigenvalue weighted by atomic mass is 10.1. The lowest BCUT2D eigenvalue weighted by Crippen LogP contribution is -1.95. The average molecular weight is 271 g/mol. The van der Waals surface area contributed by atoms with E-state index in [1.54, 1.807) is 19.1 Å². The van der Waals surface area contributed by atoms with Crippen LogP contribution in [0.3, 0.4) is 0 Å². The van der Waals surface area contributed by atoms with Crippen LogP contribution < -0.4 is 0 Å². The van der Waals surface area contributed by atoms with Gasteiger partial charge in [0.15, 0.2) is 5.65 Å². The summed E-state index contributed by atoms with van der Waals surface area (Å²) < 4.78 is 13.4. The van der Waals surface area contributed by atoms with Crippen molar-refractivity contribution in [2.45, 2.75) is 6.92 Å². The molecule has 2 aromatic heterocycles. The van der Waals surface area contributed by atoms with Gasteiger partial charge in [-0.15, -0.1) is 0 Å². The maximum Gasteiger partial charge on any atom is 0.335 e. The molecule has 0 bridgehead atoms. The fraction of sp³-hybridized carbons (Fsp3) is 0.0714. The number of aromatic nitrogens is 3. The molecule has 0 unspecified atom stereocenters. The van der Waals surface area contributed by atoms with Crippen molar-refractivity contribution in [2.24, 2.45) is 0 Å². The number of halogens is 1. The molecule has 0 aliphatic carbocycles. The van der Waals surface area contributed by atoms with Crippen molar-refractivity contribution in [2.75, 3.05) is 0 Å². The van der Waals surface area contributed by atoms with Gasteiger partial charge in [-0.1, -0.05) is 12.1 Å². The van der Waals surface area contributed by atoms with Crippen molar-refractivity contribution in [3.8, 4) is 11.4 Å². The van der Waals surface area contributed by atoms with Crippen LogP contribution in [0.25, 0.3) is 22.6 Å². The number of carboxylic acid groups (broad SMARTS) is 1. The van der Waals surface area contributed by atoms with Crippen LogP contribution in [0.2, 0.25) is 0 Å². The zero-order chi connectivity index (χ0) is 14.3. The number of hydrogen-bond donors (Lipinski definition) is 2. The number of pyridine rings is 1. The number of H-pyrrole nitrogens is 1. The maximum atomic E-state index is 13.4. The lowest BCUT2D eigenvalue weighted by Gasteiger charge is -1.98. The summed E-state index contributed by atoms with van der Waals surface area (Å²) >= 11 is 0. The number of aromatic carboxylic acids is 1. The molecule has 2 heterocycles. The summed E-state index contributed by atoms with van der Waals surface area (Å²) in [6, 6.07) is 6.27. The highest BCUT2D eigenvalue weighted by Crippen LogP contribution is 2.22. The molecule has 0 saturated heterocycles. The number of imidazole rings is 1. The molecule has 0 aliphatic heterocycles. The maximum absolute atomic E-state index is 13.4. The molecule has 20 heavy (non-hydrogen) atoms. The van der Waals surface area contributed by atoms with Gasteiger partial charge in [0.1, 0.15) is 11.6 Å². The van der Waals surface area contributed by atoms with Gasteiger partial charge in [-0.3, -0.25) is 0 Å². The Morgan fingerprint density at radius 3 is 2.65 bits per heavy atom. The van der Waals surface area contributed by atoms with E-state index in [0.29, 0.717) is 28.1 Å². The van der Waals surface area contributed by atoms with E-state index in [2.05, 4.69) is 15.0 Å². The van der Waals surface area contributed by atoms with Gasteiger partial charge in [0.2, 0.25) is 0 Å². The topological polar surface area (TPSA) is 78.9 Å². The van der Waals surface area contributed by atoms with Gasteiger partial charge in [-0.25, -0.2) is 19.2 Å². The Bertz CT molecular complexity index is 809. The fourth-order valence-electron chi connectivity index (χ4n) is 1.96. The van der Waals surface area contributed by atoms with E-state index in [4.69, 9.17) is 5.11 Å². The minimum atomic E-state index is -0.985. The number of nitrogens with zero attached hydrogens (tertiary/aromatic N) is 2. The molecule has 0 amide bonds. The van der Waals surface area contributed by atoms with E-state index < -0.39 is 11.8 Å². The number of aromatic amines is 1. The third-order valence-electron chi connectivity index (χ3n) is 3.12. The van der Waals surface area contributed by atoms with Crippen molar-refractivity contribution in [1.82, 2.24) is 15.0 Å². The molecule has 100 valence electrons. The van der Waals surface area contributed by atoms with Crippen LogP contribution >= 0.6 is 0 Å². The summed E-state index contributed by atoms with van der Waals surface area (Å²) in [5.74, 6) is -0.854. The molecule has 1 aromatic carbocycles. The number of carbonyl (C=O) groups is 1. The van der Waals surface area contributed by atoms with Crippen molar-refractivity contribution in [3.63, 3.8) is 0 Å². The van der Waals surface area contributed by atoms with Gasteiger partial charge < -0.3 is 10.1 Å². The molecule has 3 aromatic rings. The molecule has 0 saturated carbocycles. The van der Waals surface area contributed by atoms with E-state index in [1.165, 1.54) is 12.1 Å². The predicted molar refractivity (Wildman–Crippen MR) is 71.0 cm³/mol. The fourth-order valence-corrected chi connectivity index (χ4v) is 1.96. The predicted octanol–water partition coefficient (Wildman–Crippen LogP) is 2.77. The number of fused-ring (bicyclic) bond motifs is 1. The molecule has 6 heteroatoms. The largest absolute Gasteiger partial charge is 0.478 e. The summed E-state index contributed by atoms with van der Waals surface area (Å²) in [7, 11) is 0. The summed E-state index contributed by atoms with van der Waals surface area (Å²) in [5, 5.41) is 8.85. The Morgan fingerprint density at radius 2 is 2.00 bits per heavy atom. The molecule has 0 radical (unpaired) electrons. The van der Waals surface area contributed by atoms with Crippen LogP contribution in [0.5, 0.6) is 0 Å². The molecule has 0 spiro atoms. The van der Waals surface area contributed by atoms with Crippen LogP contribution in [0.1, 0.15) is 15.9 Å². The summed E-state index contributed by atoms with van der Waals surface area (Å²) in [6.45, 7) is 1.65. The standard InChI is InChI=1S/C14H10FN3O2/c1-7-10(15)6-16-13-11(7)17-12(18-13)8-2-4-9(5-3-8)14(19)20/h2-6H,1H3,(H,19,20)(H,16,17,18). The lowest BCUT2D eigenvalue weighted by molar-refractivity contribution is 0.0697. The smallest absolute Gasteiger partial charge is 0.335 e. The van der Waals surface area contributed by atoms with E-state index in [9.17, 15) is 9.18 Å². The zero-order valence-corrected chi connectivity index (χ0v) is 10.5. The average Bonchev–Trinajstić information content (AvgIpc) is 2.88. The summed E-state index contributed by atoms with van der Waals surface area (Å²) in [4.78, 5) is 22.0. The molecule has 3 rings (SSSR count). The van der Waals surface area contributed by atoms with Crippen molar-refractivity contribution in [1.29, 1.82) is 0 Å². The van der Waals surface area contributed by atoms with E-state index >= 15 is 0 Å². The first-order valence-electron chi connectivity index (χ1n) is 5.91. The highest BCUT2D eigenvalue weighted by Gasteiger charge is 2.11. The Labute approximate surface area is 113 Å². The van der Waals surface area contributed by atoms with E-state index in [1.807, 2.05) is 0 Å². The van der Waals surface area contributed by atoms with Gasteiger partial charge in [0.25, 0.3) is 0 Å². The SMILES string of the molecule is Cc1c(F)cnc2nc(-c3ccc(C(=O)O)cc3)[nH]c12. The first-order valence-corrected chi connectivity index (χ1v) is 5.91. The van der Waals surface area contributed by atoms with Gasteiger partial charge in [0.05, 0.1) is 17.3 Å². The molecule has 0 aliphatic rings. The minimum absolute atomic E-state index is 0.199. The molecule has 0 atom stereocenters. The second kappa shape index (κ2) is 4.41. The van der Waals surface area contributed by atoms with Crippen LogP contribution in [0, 0.1) is 12.7 Å². The monoisotopic (exact) mass is 271 g/mol. The van der Waals surface area contributed by atoms with Crippen molar-refractivity contribution in [3.05, 3.63) is 47.4 Å². The van der Waals surface area contributed by atoms with Crippen LogP contribution in [-0.2, 0) is 0 Å². The summed E-state index contributed by atoms with van der Waals surface area (Å²) in [5.41, 5.74) is 2.34. The first-order chi connectivity index (χ1) is 9.56. The minimum Gasteiger partial charge on any atom is -0.478 e. The Balaban J connectivity index is 2.10. The molecular formula is C14H10FN3O2. The number of hydrogen-bond acceptors (Lipinski definition) is 3. The second-order valence-electron chi connectivity index (χ2n) is 4.40. The highest BCUT2D eigenvalue weighted by molar-refractivity contribution is 5.88. The van der Waals surface area contributed by atoms with Crippen LogP contribution in [0.4, 0.5) is 4.39 Å². The van der Waals surface area contributed by atoms with Gasteiger partial charge in [-0.2, -0.15) is 0 Å². The highest BCUT2D eigenvalue weighted by atomic mass is 19.1. The molecular weight excluding hydrogens is 261 g/mol. The quantitative estimate of drug-likeness (QED) is 0.751. The van der Waals surface area contributed by atoms with Crippen molar-refractivity contribution >= 4 is 17.1 Å². The molecule has 2 N–H and O–H groups in total. The van der Waals surface area contributed by atoms with E-state index in [-0.39, 0.29) is 5.56 Å². The van der Waals surface area contributed by atoms with E-state index in [0.717, 1.165) is 6.20 Å². The number of nitrogens with one attached hydrogen (secondary N) is 1. The Hall–Kier alpha value is -2.76. The van der Waals surface area contributed by atoms with Gasteiger partial charge in [-0.05, 0) is 19.1 Å². The third kappa shape index (κ3) is 1.91. The number of benzene rings is 1. The Kier molecular flexibility index (Phi) is 2.71. The number of carboxylic acids is 1. The number of rotatable bonds is 2. The Morgan fingerprint density at radius 1 is 1.30 bits per heavy atom. The van der Waals surface area contributed by atoms with Crippen LogP contribution in [0.15, 0.2) is 30.5 Å². The molecule has 0 fully saturated rings. The molecule has 5 nitrogen and oxygen atoms in total. The van der Waals surface area contributed by atoms with Gasteiger partial charge >= 0.3 is 5.97 Å².